The second-order valence-electron chi connectivity index (χ2n) is 5.11. The van der Waals surface area contributed by atoms with Gasteiger partial charge in [0.25, 0.3) is 0 Å². The Bertz CT molecular complexity index is 527. The molecule has 106 valence electrons. The van der Waals surface area contributed by atoms with E-state index in [1.54, 1.807) is 12.1 Å². The molecule has 1 aliphatic rings. The number of halogens is 2. The first-order valence-electron chi connectivity index (χ1n) is 6.71. The first-order valence-corrected chi connectivity index (χ1v) is 7.09. The summed E-state index contributed by atoms with van der Waals surface area (Å²) in [6.45, 7) is 0.281. The molecule has 0 atom stereocenters. The fourth-order valence-corrected chi connectivity index (χ4v) is 2.87. The van der Waals surface area contributed by atoms with Crippen LogP contribution in [-0.2, 0) is 11.2 Å². The third kappa shape index (κ3) is 2.94. The van der Waals surface area contributed by atoms with Crippen LogP contribution in [0.25, 0.3) is 0 Å². The van der Waals surface area contributed by atoms with Crippen LogP contribution in [-0.4, -0.2) is 12.5 Å². The molecule has 1 fully saturated rings. The summed E-state index contributed by atoms with van der Waals surface area (Å²) in [7, 11) is 0. The van der Waals surface area contributed by atoms with Gasteiger partial charge in [-0.05, 0) is 31.4 Å². The minimum absolute atomic E-state index is 0.245. The lowest BCUT2D eigenvalue weighted by Gasteiger charge is -2.19. The van der Waals surface area contributed by atoms with Crippen molar-refractivity contribution in [2.75, 3.05) is 6.54 Å². The van der Waals surface area contributed by atoms with E-state index < -0.39 is 5.41 Å². The minimum Gasteiger partial charge on any atom is -0.354 e. The van der Waals surface area contributed by atoms with Crippen molar-refractivity contribution in [3.05, 3.63) is 34.6 Å². The summed E-state index contributed by atoms with van der Waals surface area (Å²) in [5.41, 5.74) is -0.495. The molecule has 2 rings (SSSR count). The number of rotatable bonds is 4. The van der Waals surface area contributed by atoms with Gasteiger partial charge in [-0.2, -0.15) is 5.26 Å². The van der Waals surface area contributed by atoms with Crippen molar-refractivity contribution >= 4 is 17.5 Å². The molecule has 0 spiro atoms. The Balaban J connectivity index is 1.93. The second kappa shape index (κ2) is 6.23. The third-order valence-electron chi connectivity index (χ3n) is 3.83. The van der Waals surface area contributed by atoms with Crippen LogP contribution >= 0.6 is 11.6 Å². The summed E-state index contributed by atoms with van der Waals surface area (Å²) < 4.78 is 13.6. The highest BCUT2D eigenvalue weighted by Gasteiger charge is 2.41. The van der Waals surface area contributed by atoms with Crippen molar-refractivity contribution in [2.24, 2.45) is 5.41 Å². The molecule has 3 nitrogen and oxygen atoms in total. The lowest BCUT2D eigenvalue weighted by atomic mass is 9.87. The summed E-state index contributed by atoms with van der Waals surface area (Å²) in [6, 6.07) is 6.65. The van der Waals surface area contributed by atoms with Gasteiger partial charge in [-0.25, -0.2) is 4.39 Å². The number of hydrogen-bond acceptors (Lipinski definition) is 2. The molecule has 20 heavy (non-hydrogen) atoms. The number of carbonyl (C=O) groups is 1. The number of nitrogens with zero attached hydrogens (tertiary/aromatic N) is 1. The first kappa shape index (κ1) is 14.8. The Labute approximate surface area is 122 Å². The van der Waals surface area contributed by atoms with Gasteiger partial charge in [0, 0.05) is 17.1 Å². The Hall–Kier alpha value is -1.60. The Morgan fingerprint density at radius 1 is 1.45 bits per heavy atom. The van der Waals surface area contributed by atoms with Gasteiger partial charge in [0.1, 0.15) is 11.2 Å². The van der Waals surface area contributed by atoms with Gasteiger partial charge in [-0.15, -0.1) is 0 Å². The molecular weight excluding hydrogens is 279 g/mol. The molecule has 0 saturated heterocycles. The first-order chi connectivity index (χ1) is 9.59. The van der Waals surface area contributed by atoms with Crippen molar-refractivity contribution in [3.63, 3.8) is 0 Å². The number of carbonyl (C=O) groups excluding carboxylic acids is 1. The molecule has 1 aromatic rings. The van der Waals surface area contributed by atoms with Crippen molar-refractivity contribution in [2.45, 2.75) is 32.1 Å². The molecule has 5 heteroatoms. The number of amides is 1. The highest BCUT2D eigenvalue weighted by Crippen LogP contribution is 2.37. The van der Waals surface area contributed by atoms with E-state index in [4.69, 9.17) is 11.6 Å². The standard InChI is InChI=1S/C15H16ClFN2O/c16-12-4-3-5-13(17)11(12)6-9-19-14(20)15(10-18)7-1-2-8-15/h3-5H,1-2,6-9H2,(H,19,20). The zero-order chi connectivity index (χ0) is 14.6. The summed E-state index contributed by atoms with van der Waals surface area (Å²) in [5, 5.41) is 12.3. The highest BCUT2D eigenvalue weighted by molar-refractivity contribution is 6.31. The predicted octanol–water partition coefficient (Wildman–Crippen LogP) is 3.22. The lowest BCUT2D eigenvalue weighted by Crippen LogP contribution is -2.39. The van der Waals surface area contributed by atoms with Crippen molar-refractivity contribution in [3.8, 4) is 6.07 Å². The van der Waals surface area contributed by atoms with Gasteiger partial charge in [0.2, 0.25) is 5.91 Å². The Kier molecular flexibility index (Phi) is 4.61. The van der Waals surface area contributed by atoms with Gasteiger partial charge in [0.15, 0.2) is 0 Å². The lowest BCUT2D eigenvalue weighted by molar-refractivity contribution is -0.127. The largest absolute Gasteiger partial charge is 0.354 e. The van der Waals surface area contributed by atoms with Gasteiger partial charge >= 0.3 is 0 Å². The molecule has 0 aromatic heterocycles. The summed E-state index contributed by atoms with van der Waals surface area (Å²) >= 11 is 5.92. The molecule has 0 radical (unpaired) electrons. The fourth-order valence-electron chi connectivity index (χ4n) is 2.61. The number of benzene rings is 1. The van der Waals surface area contributed by atoms with Crippen molar-refractivity contribution in [1.29, 1.82) is 5.26 Å². The molecule has 1 amide bonds. The molecule has 0 heterocycles. The topological polar surface area (TPSA) is 52.9 Å². The van der Waals surface area contributed by atoms with Crippen LogP contribution in [0, 0.1) is 22.6 Å². The predicted molar refractivity (Wildman–Crippen MR) is 74.6 cm³/mol. The quantitative estimate of drug-likeness (QED) is 0.927. The van der Waals surface area contributed by atoms with Crippen LogP contribution in [0.1, 0.15) is 31.2 Å². The van der Waals surface area contributed by atoms with Gasteiger partial charge in [0.05, 0.1) is 6.07 Å². The zero-order valence-electron chi connectivity index (χ0n) is 11.1. The SMILES string of the molecule is N#CC1(C(=O)NCCc2c(F)cccc2Cl)CCCC1. The van der Waals surface area contributed by atoms with E-state index in [0.29, 0.717) is 29.8 Å². The van der Waals surface area contributed by atoms with E-state index in [1.807, 2.05) is 0 Å². The van der Waals surface area contributed by atoms with E-state index in [-0.39, 0.29) is 18.3 Å². The molecule has 1 N–H and O–H groups in total. The smallest absolute Gasteiger partial charge is 0.240 e. The number of nitrogens with one attached hydrogen (secondary N) is 1. The molecule has 1 saturated carbocycles. The monoisotopic (exact) mass is 294 g/mol. The molecule has 0 unspecified atom stereocenters. The van der Waals surface area contributed by atoms with E-state index >= 15 is 0 Å². The van der Waals surface area contributed by atoms with Gasteiger partial charge in [-0.3, -0.25) is 4.79 Å². The van der Waals surface area contributed by atoms with E-state index in [2.05, 4.69) is 11.4 Å². The maximum Gasteiger partial charge on any atom is 0.240 e. The van der Waals surface area contributed by atoms with E-state index in [1.165, 1.54) is 6.07 Å². The second-order valence-corrected chi connectivity index (χ2v) is 5.51. The van der Waals surface area contributed by atoms with Crippen LogP contribution < -0.4 is 5.32 Å². The number of hydrogen-bond donors (Lipinski definition) is 1. The van der Waals surface area contributed by atoms with E-state index in [0.717, 1.165) is 12.8 Å². The van der Waals surface area contributed by atoms with Crippen molar-refractivity contribution < 1.29 is 9.18 Å². The molecule has 0 aliphatic heterocycles. The van der Waals surface area contributed by atoms with Crippen LogP contribution in [0.4, 0.5) is 4.39 Å². The summed E-state index contributed by atoms with van der Waals surface area (Å²) in [6.07, 6.45) is 3.34. The minimum atomic E-state index is -0.890. The fraction of sp³-hybridized carbons (Fsp3) is 0.467. The molecule has 0 bridgehead atoms. The average Bonchev–Trinajstić information content (AvgIpc) is 2.92. The van der Waals surface area contributed by atoms with Crippen LogP contribution in [0.5, 0.6) is 0 Å². The van der Waals surface area contributed by atoms with Gasteiger partial charge < -0.3 is 5.32 Å². The average molecular weight is 295 g/mol. The maximum atomic E-state index is 13.6. The van der Waals surface area contributed by atoms with Crippen LogP contribution in [0.2, 0.25) is 5.02 Å². The zero-order valence-corrected chi connectivity index (χ0v) is 11.8. The Morgan fingerprint density at radius 3 is 2.75 bits per heavy atom. The summed E-state index contributed by atoms with van der Waals surface area (Å²) in [5.74, 6) is -0.618. The molecule has 1 aliphatic carbocycles. The van der Waals surface area contributed by atoms with Crippen molar-refractivity contribution in [1.82, 2.24) is 5.32 Å². The highest BCUT2D eigenvalue weighted by atomic mass is 35.5. The molecule has 1 aromatic carbocycles. The summed E-state index contributed by atoms with van der Waals surface area (Å²) in [4.78, 5) is 12.1. The maximum absolute atomic E-state index is 13.6. The number of nitriles is 1. The van der Waals surface area contributed by atoms with Gasteiger partial charge in [-0.1, -0.05) is 30.5 Å². The van der Waals surface area contributed by atoms with Crippen LogP contribution in [0.3, 0.4) is 0 Å². The molecular formula is C15H16ClFN2O. The normalized spacial score (nSPS) is 16.6. The van der Waals surface area contributed by atoms with E-state index in [9.17, 15) is 14.4 Å². The van der Waals surface area contributed by atoms with Crippen LogP contribution in [0.15, 0.2) is 18.2 Å². The third-order valence-corrected chi connectivity index (χ3v) is 4.18. The Morgan fingerprint density at radius 2 is 2.15 bits per heavy atom.